The molecule has 0 radical (unpaired) electrons. The zero-order valence-electron chi connectivity index (χ0n) is 25.4. The van der Waals surface area contributed by atoms with Crippen LogP contribution in [0.2, 0.25) is 5.02 Å². The number of fused-ring (bicyclic) bond motifs is 1. The van der Waals surface area contributed by atoms with Crippen molar-refractivity contribution >= 4 is 61.1 Å². The zero-order valence-corrected chi connectivity index (χ0v) is 27.8. The average Bonchev–Trinajstić information content (AvgIpc) is 3.05. The summed E-state index contributed by atoms with van der Waals surface area (Å²) >= 11 is 3.38. The second-order valence-electron chi connectivity index (χ2n) is 11.0. The van der Waals surface area contributed by atoms with Gasteiger partial charge in [-0.1, -0.05) is 72.3 Å². The number of carboxylic acid groups (broad SMARTS) is 1. The van der Waals surface area contributed by atoms with Crippen LogP contribution in [0, 0.1) is 0 Å². The van der Waals surface area contributed by atoms with Gasteiger partial charge in [0.15, 0.2) is 0 Å². The minimum absolute atomic E-state index is 0.0418. The van der Waals surface area contributed by atoms with Crippen molar-refractivity contribution in [2.24, 2.45) is 0 Å². The van der Waals surface area contributed by atoms with Crippen LogP contribution in [0.1, 0.15) is 40.0 Å². The van der Waals surface area contributed by atoms with E-state index < -0.39 is 27.3 Å². The first kappa shape index (κ1) is 34.1. The van der Waals surface area contributed by atoms with Gasteiger partial charge in [0, 0.05) is 46.1 Å². The number of sulfonamides is 1. The number of unbranched alkanes of at least 4 members (excludes halogenated alkanes) is 1. The van der Waals surface area contributed by atoms with Gasteiger partial charge in [0.25, 0.3) is 0 Å². The monoisotopic (exact) mass is 690 g/mol. The average molecular weight is 691 g/mol. The number of carbonyl (C=O) groups is 1. The highest BCUT2D eigenvalue weighted by Gasteiger charge is 2.27. The molecule has 4 aromatic carbocycles. The van der Waals surface area contributed by atoms with E-state index in [1.54, 1.807) is 42.5 Å². The van der Waals surface area contributed by atoms with Gasteiger partial charge in [-0.25, -0.2) is 13.2 Å². The molecule has 0 saturated carbocycles. The molecule has 0 aliphatic carbocycles. The topological polar surface area (TPSA) is 131 Å². The number of pyridine rings is 1. The summed E-state index contributed by atoms with van der Waals surface area (Å²) in [4.78, 5) is 16.8. The summed E-state index contributed by atoms with van der Waals surface area (Å²) in [5.74, 6) is -1.59. The molecule has 0 aliphatic heterocycles. The molecule has 5 rings (SSSR count). The predicted molar refractivity (Wildman–Crippen MR) is 186 cm³/mol. The summed E-state index contributed by atoms with van der Waals surface area (Å²) in [7, 11) is -4.06. The number of nitrogens with zero attached hydrogens (tertiary/aromatic N) is 3. The van der Waals surface area contributed by atoms with Crippen LogP contribution in [-0.4, -0.2) is 46.3 Å². The molecule has 1 aromatic heterocycles. The molecule has 0 bridgehead atoms. The van der Waals surface area contributed by atoms with Crippen LogP contribution in [0.15, 0.2) is 109 Å². The van der Waals surface area contributed by atoms with Gasteiger partial charge >= 0.3 is 5.97 Å². The van der Waals surface area contributed by atoms with Crippen LogP contribution in [0.25, 0.3) is 10.9 Å². The van der Waals surface area contributed by atoms with Crippen molar-refractivity contribution in [3.63, 3.8) is 0 Å². The van der Waals surface area contributed by atoms with Crippen LogP contribution in [0.5, 0.6) is 0 Å². The smallest absolute Gasteiger partial charge is 0.337 e. The van der Waals surface area contributed by atoms with E-state index in [1.165, 1.54) is 16.4 Å². The van der Waals surface area contributed by atoms with E-state index in [0.29, 0.717) is 35.5 Å². The molecule has 244 valence electrons. The summed E-state index contributed by atoms with van der Waals surface area (Å²) in [6.45, 7) is 0.0558. The van der Waals surface area contributed by atoms with E-state index in [9.17, 15) is 27.1 Å². The van der Waals surface area contributed by atoms with Crippen molar-refractivity contribution in [1.82, 2.24) is 4.98 Å². The van der Waals surface area contributed by atoms with Crippen LogP contribution in [0.3, 0.4) is 0 Å². The molecule has 9 nitrogen and oxygen atoms in total. The lowest BCUT2D eigenvalue weighted by Gasteiger charge is -2.28. The van der Waals surface area contributed by atoms with Gasteiger partial charge in [-0.05, 0) is 85.3 Å². The highest BCUT2D eigenvalue weighted by Crippen LogP contribution is 2.27. The first-order valence-corrected chi connectivity index (χ1v) is 18.0. The van der Waals surface area contributed by atoms with E-state index in [-0.39, 0.29) is 36.5 Å². The molecule has 1 atom stereocenters. The van der Waals surface area contributed by atoms with E-state index in [2.05, 4.69) is 0 Å². The van der Waals surface area contributed by atoms with Crippen LogP contribution >= 0.6 is 11.6 Å². The van der Waals surface area contributed by atoms with E-state index in [1.807, 2.05) is 54.6 Å². The number of carboxylic acids is 1. The number of anilines is 2. The Labute approximate surface area is 281 Å². The largest absolute Gasteiger partial charge is 0.755 e. The van der Waals surface area contributed by atoms with Crippen molar-refractivity contribution in [3.05, 3.63) is 137 Å². The Morgan fingerprint density at radius 1 is 0.830 bits per heavy atom. The van der Waals surface area contributed by atoms with Crippen LogP contribution in [-0.2, 0) is 39.9 Å². The molecule has 5 aromatic rings. The van der Waals surface area contributed by atoms with Gasteiger partial charge in [-0.3, -0.25) is 13.5 Å². The quantitative estimate of drug-likeness (QED) is 0.0946. The zero-order chi connectivity index (χ0) is 33.4. The summed E-state index contributed by atoms with van der Waals surface area (Å²) in [6, 6.07) is 31.6. The molecule has 0 spiro atoms. The SMILES string of the molecule is O=C(O)c1ccccc1N(CCCCN(c1ccc(Cl)cc1)S(=O)[O-])S(=O)(=O)Cc1cccc(CCc2ccc3ccccc3n2)c1. The molecular formula is C35H33ClN3O6S2-. The van der Waals surface area contributed by atoms with E-state index in [0.717, 1.165) is 26.5 Å². The maximum absolute atomic E-state index is 14.0. The van der Waals surface area contributed by atoms with Crippen LogP contribution in [0.4, 0.5) is 11.4 Å². The Hall–Kier alpha value is -4.29. The molecular weight excluding hydrogens is 658 g/mol. The van der Waals surface area contributed by atoms with E-state index in [4.69, 9.17) is 16.6 Å². The lowest BCUT2D eigenvalue weighted by molar-refractivity contribution is 0.0697. The Morgan fingerprint density at radius 3 is 2.30 bits per heavy atom. The number of halogens is 1. The number of benzene rings is 4. The standard InChI is InChI=1S/C35H34ClN3O6S2/c36-29-16-20-31(21-17-29)38(46(42)43)22-5-6-23-39(34-13-4-2-11-32(34)35(40)41)47(44,45)25-27-9-7-8-26(24-27)14-18-30-19-15-28-10-1-3-12-33(28)37-30/h1-4,7-13,15-17,19-21,24H,5-6,14,18,22-23,25H2,(H,40,41)(H,42,43)/p-1. The Morgan fingerprint density at radius 2 is 1.53 bits per heavy atom. The third-order valence-corrected chi connectivity index (χ3v) is 10.4. The minimum atomic E-state index is -4.06. The van der Waals surface area contributed by atoms with Gasteiger partial charge in [0.2, 0.25) is 10.0 Å². The third-order valence-electron chi connectivity index (χ3n) is 7.67. The Balaban J connectivity index is 1.31. The van der Waals surface area contributed by atoms with E-state index >= 15 is 0 Å². The first-order chi connectivity index (χ1) is 22.6. The van der Waals surface area contributed by atoms with Gasteiger partial charge in [-0.2, -0.15) is 0 Å². The fourth-order valence-corrected chi connectivity index (χ4v) is 7.69. The number of hydrogen-bond donors (Lipinski definition) is 1. The molecule has 47 heavy (non-hydrogen) atoms. The number of aryl methyl sites for hydroxylation is 2. The number of aromatic nitrogens is 1. The van der Waals surface area contributed by atoms with Gasteiger partial charge in [0.05, 0.1) is 22.5 Å². The predicted octanol–water partition coefficient (Wildman–Crippen LogP) is 6.79. The lowest BCUT2D eigenvalue weighted by Crippen LogP contribution is -2.35. The summed E-state index contributed by atoms with van der Waals surface area (Å²) in [5, 5.41) is 11.4. The van der Waals surface area contributed by atoms with Crippen molar-refractivity contribution in [2.75, 3.05) is 21.7 Å². The molecule has 1 heterocycles. The van der Waals surface area contributed by atoms with Crippen molar-refractivity contribution in [2.45, 2.75) is 31.4 Å². The first-order valence-electron chi connectivity index (χ1n) is 15.0. The number of rotatable bonds is 15. The Kier molecular flexibility index (Phi) is 11.3. The number of hydrogen-bond acceptors (Lipinski definition) is 6. The summed E-state index contributed by atoms with van der Waals surface area (Å²) in [5.41, 5.74) is 3.73. The third kappa shape index (κ3) is 8.95. The highest BCUT2D eigenvalue weighted by molar-refractivity contribution is 7.92. The van der Waals surface area contributed by atoms with Crippen molar-refractivity contribution in [3.8, 4) is 0 Å². The maximum atomic E-state index is 14.0. The molecule has 0 saturated heterocycles. The number of para-hydroxylation sites is 2. The fraction of sp³-hybridized carbons (Fsp3) is 0.200. The van der Waals surface area contributed by atoms with Crippen LogP contribution < -0.4 is 8.61 Å². The van der Waals surface area contributed by atoms with Gasteiger partial charge in [-0.15, -0.1) is 0 Å². The number of aromatic carboxylic acids is 1. The molecule has 12 heteroatoms. The molecule has 1 N–H and O–H groups in total. The minimum Gasteiger partial charge on any atom is -0.755 e. The molecule has 0 amide bonds. The van der Waals surface area contributed by atoms with Gasteiger partial charge in [0.1, 0.15) is 0 Å². The Bertz CT molecular complexity index is 1990. The molecule has 0 aliphatic rings. The van der Waals surface area contributed by atoms with Gasteiger partial charge < -0.3 is 14.0 Å². The fourth-order valence-electron chi connectivity index (χ4n) is 5.37. The highest BCUT2D eigenvalue weighted by atomic mass is 35.5. The summed E-state index contributed by atoms with van der Waals surface area (Å²) < 4.78 is 54.1. The van der Waals surface area contributed by atoms with Crippen molar-refractivity contribution in [1.29, 1.82) is 0 Å². The normalized spacial score (nSPS) is 12.1. The second-order valence-corrected chi connectivity index (χ2v) is 14.2. The van der Waals surface area contributed by atoms with Crippen molar-refractivity contribution < 1.29 is 27.1 Å². The molecule has 0 fully saturated rings. The summed E-state index contributed by atoms with van der Waals surface area (Å²) in [6.07, 6.45) is 1.93. The molecule has 1 unspecified atom stereocenters. The lowest BCUT2D eigenvalue weighted by atomic mass is 10.0. The maximum Gasteiger partial charge on any atom is 0.337 e. The second kappa shape index (κ2) is 15.5.